The third-order valence-electron chi connectivity index (χ3n) is 5.40. The lowest BCUT2D eigenvalue weighted by atomic mass is 9.96. The van der Waals surface area contributed by atoms with Crippen molar-refractivity contribution in [3.8, 4) is 5.75 Å². The van der Waals surface area contributed by atoms with Crippen LogP contribution in [0.1, 0.15) is 17.2 Å². The van der Waals surface area contributed by atoms with Crippen LogP contribution in [0.15, 0.2) is 65.9 Å². The average molecular weight is 377 g/mol. The fraction of sp³-hybridized carbons (Fsp3) is 0.273. The van der Waals surface area contributed by atoms with Crippen molar-refractivity contribution < 1.29 is 14.3 Å². The number of amides is 3. The van der Waals surface area contributed by atoms with Crippen LogP contribution >= 0.6 is 0 Å². The van der Waals surface area contributed by atoms with E-state index in [-0.39, 0.29) is 11.9 Å². The quantitative estimate of drug-likeness (QED) is 0.872. The van der Waals surface area contributed by atoms with Crippen LogP contribution in [0.2, 0.25) is 0 Å². The summed E-state index contributed by atoms with van der Waals surface area (Å²) >= 11 is 0. The first-order chi connectivity index (χ1) is 13.6. The van der Waals surface area contributed by atoms with Crippen molar-refractivity contribution in [2.24, 2.45) is 0 Å². The molecule has 28 heavy (non-hydrogen) atoms. The Morgan fingerprint density at radius 1 is 1.07 bits per heavy atom. The normalized spacial score (nSPS) is 19.0. The number of benzene rings is 2. The maximum Gasteiger partial charge on any atom is 0.322 e. The van der Waals surface area contributed by atoms with Gasteiger partial charge >= 0.3 is 6.03 Å². The summed E-state index contributed by atoms with van der Waals surface area (Å²) in [6, 6.07) is 16.9. The maximum atomic E-state index is 13.2. The Morgan fingerprint density at radius 2 is 1.79 bits per heavy atom. The molecule has 0 radical (unpaired) electrons. The number of urea groups is 1. The third kappa shape index (κ3) is 3.22. The van der Waals surface area contributed by atoms with E-state index in [0.29, 0.717) is 18.7 Å². The highest BCUT2D eigenvalue weighted by atomic mass is 16.5. The van der Waals surface area contributed by atoms with Gasteiger partial charge in [-0.15, -0.1) is 0 Å². The van der Waals surface area contributed by atoms with E-state index >= 15 is 0 Å². The number of hydrogen-bond donors (Lipinski definition) is 1. The van der Waals surface area contributed by atoms with Crippen LogP contribution in [-0.4, -0.2) is 49.0 Å². The fourth-order valence-corrected chi connectivity index (χ4v) is 3.76. The number of ether oxygens (including phenoxy) is 1. The first kappa shape index (κ1) is 18.1. The van der Waals surface area contributed by atoms with Gasteiger partial charge in [0.2, 0.25) is 0 Å². The topological polar surface area (TPSA) is 61.9 Å². The van der Waals surface area contributed by atoms with Crippen molar-refractivity contribution in [2.45, 2.75) is 12.5 Å². The van der Waals surface area contributed by atoms with Gasteiger partial charge in [-0.25, -0.2) is 4.79 Å². The second-order valence-corrected chi connectivity index (χ2v) is 7.04. The summed E-state index contributed by atoms with van der Waals surface area (Å²) in [4.78, 5) is 29.0. The van der Waals surface area contributed by atoms with Crippen LogP contribution in [0.4, 0.5) is 4.79 Å². The number of likely N-dealkylation sites (N-methyl/N-ethyl adjacent to an activating group) is 1. The minimum absolute atomic E-state index is 0.00999. The number of carbonyl (C=O) groups is 2. The first-order valence-electron chi connectivity index (χ1n) is 9.33. The van der Waals surface area contributed by atoms with E-state index in [0.717, 1.165) is 29.0 Å². The summed E-state index contributed by atoms with van der Waals surface area (Å²) in [5, 5.41) is 2.96. The van der Waals surface area contributed by atoms with Gasteiger partial charge in [0.15, 0.2) is 0 Å². The molecule has 2 heterocycles. The summed E-state index contributed by atoms with van der Waals surface area (Å²) in [6.07, 6.45) is 0.747. The van der Waals surface area contributed by atoms with Gasteiger partial charge in [-0.05, 0) is 29.7 Å². The molecule has 2 aliphatic rings. The van der Waals surface area contributed by atoms with Crippen LogP contribution < -0.4 is 10.1 Å². The molecule has 0 saturated carbocycles. The lowest BCUT2D eigenvalue weighted by Gasteiger charge is -2.31. The zero-order valence-corrected chi connectivity index (χ0v) is 16.0. The molecule has 0 fully saturated rings. The van der Waals surface area contributed by atoms with Crippen molar-refractivity contribution in [1.82, 2.24) is 15.1 Å². The van der Waals surface area contributed by atoms with E-state index in [1.54, 1.807) is 19.1 Å². The zero-order valence-electron chi connectivity index (χ0n) is 16.0. The summed E-state index contributed by atoms with van der Waals surface area (Å²) in [6.45, 7) is 1.05. The third-order valence-corrected chi connectivity index (χ3v) is 5.40. The summed E-state index contributed by atoms with van der Waals surface area (Å²) < 4.78 is 5.19. The predicted molar refractivity (Wildman–Crippen MR) is 106 cm³/mol. The highest BCUT2D eigenvalue weighted by molar-refractivity contribution is 6.01. The van der Waals surface area contributed by atoms with E-state index < -0.39 is 6.04 Å². The SMILES string of the molecule is COc1ccc(CCN2CC3=C(C2=O)[C@@H](c2ccccc2)NC(=O)N3C)cc1. The molecule has 0 saturated heterocycles. The van der Waals surface area contributed by atoms with Gasteiger partial charge in [-0.3, -0.25) is 9.69 Å². The molecule has 144 valence electrons. The van der Waals surface area contributed by atoms with Gasteiger partial charge < -0.3 is 15.0 Å². The van der Waals surface area contributed by atoms with Gasteiger partial charge in [0.1, 0.15) is 5.75 Å². The molecule has 0 aliphatic carbocycles. The lowest BCUT2D eigenvalue weighted by Crippen LogP contribution is -2.45. The molecule has 4 rings (SSSR count). The molecule has 0 bridgehead atoms. The number of rotatable bonds is 5. The van der Waals surface area contributed by atoms with E-state index in [1.165, 1.54) is 0 Å². The number of hydrogen-bond acceptors (Lipinski definition) is 3. The molecule has 6 nitrogen and oxygen atoms in total. The second kappa shape index (κ2) is 7.38. The van der Waals surface area contributed by atoms with Crippen LogP contribution in [0.25, 0.3) is 0 Å². The second-order valence-electron chi connectivity index (χ2n) is 7.04. The molecule has 6 heteroatoms. The minimum Gasteiger partial charge on any atom is -0.497 e. The van der Waals surface area contributed by atoms with Gasteiger partial charge in [-0.2, -0.15) is 0 Å². The maximum absolute atomic E-state index is 13.2. The molecule has 1 N–H and O–H groups in total. The van der Waals surface area contributed by atoms with Gasteiger partial charge in [0.25, 0.3) is 5.91 Å². The molecule has 2 aliphatic heterocycles. The number of carbonyl (C=O) groups excluding carboxylic acids is 2. The van der Waals surface area contributed by atoms with Crippen molar-refractivity contribution in [3.05, 3.63) is 77.0 Å². The largest absolute Gasteiger partial charge is 0.497 e. The first-order valence-corrected chi connectivity index (χ1v) is 9.33. The summed E-state index contributed by atoms with van der Waals surface area (Å²) in [5.74, 6) is 0.805. The van der Waals surface area contributed by atoms with E-state index in [2.05, 4.69) is 5.32 Å². The van der Waals surface area contributed by atoms with E-state index in [4.69, 9.17) is 4.74 Å². The monoisotopic (exact) mass is 377 g/mol. The Hall–Kier alpha value is -3.28. The highest BCUT2D eigenvalue weighted by Gasteiger charge is 2.42. The zero-order chi connectivity index (χ0) is 19.7. The van der Waals surface area contributed by atoms with Crippen LogP contribution in [0.5, 0.6) is 5.75 Å². The van der Waals surface area contributed by atoms with E-state index in [9.17, 15) is 9.59 Å². The predicted octanol–water partition coefficient (Wildman–Crippen LogP) is 2.73. The Bertz CT molecular complexity index is 922. The van der Waals surface area contributed by atoms with Crippen LogP contribution in [0, 0.1) is 0 Å². The molecule has 0 aromatic heterocycles. The smallest absolute Gasteiger partial charge is 0.322 e. The molecule has 0 spiro atoms. The molecule has 0 unspecified atom stereocenters. The molecule has 1 atom stereocenters. The van der Waals surface area contributed by atoms with Crippen molar-refractivity contribution >= 4 is 11.9 Å². The van der Waals surface area contributed by atoms with Crippen LogP contribution in [-0.2, 0) is 11.2 Å². The molecule has 2 aromatic rings. The molecule has 3 amide bonds. The summed E-state index contributed by atoms with van der Waals surface area (Å²) in [7, 11) is 3.36. The van der Waals surface area contributed by atoms with E-state index in [1.807, 2.05) is 59.5 Å². The number of nitrogens with zero attached hydrogens (tertiary/aromatic N) is 2. The number of nitrogens with one attached hydrogen (secondary N) is 1. The fourth-order valence-electron chi connectivity index (χ4n) is 3.76. The summed E-state index contributed by atoms with van der Waals surface area (Å²) in [5.41, 5.74) is 3.52. The van der Waals surface area contributed by atoms with Crippen molar-refractivity contribution in [3.63, 3.8) is 0 Å². The molecule has 2 aromatic carbocycles. The highest BCUT2D eigenvalue weighted by Crippen LogP contribution is 2.35. The molecular formula is C22H23N3O3. The Balaban J connectivity index is 1.53. The molecular weight excluding hydrogens is 354 g/mol. The number of methoxy groups -OCH3 is 1. The van der Waals surface area contributed by atoms with Gasteiger partial charge in [0, 0.05) is 13.6 Å². The van der Waals surface area contributed by atoms with Crippen molar-refractivity contribution in [2.75, 3.05) is 27.2 Å². The standard InChI is InChI=1S/C22H23N3O3/c1-24-18-14-25(13-12-15-8-10-17(28-2)11-9-15)21(26)19(18)20(23-22(24)27)16-6-4-3-5-7-16/h3-11,20H,12-14H2,1-2H3,(H,23,27)/t20-/m1/s1. The lowest BCUT2D eigenvalue weighted by molar-refractivity contribution is -0.125. The Labute approximate surface area is 164 Å². The Kier molecular flexibility index (Phi) is 4.77. The van der Waals surface area contributed by atoms with Gasteiger partial charge in [0.05, 0.1) is 31.0 Å². The Morgan fingerprint density at radius 3 is 2.46 bits per heavy atom. The van der Waals surface area contributed by atoms with Crippen LogP contribution in [0.3, 0.4) is 0 Å². The average Bonchev–Trinajstić information content (AvgIpc) is 3.07. The van der Waals surface area contributed by atoms with Gasteiger partial charge in [-0.1, -0.05) is 42.5 Å². The minimum atomic E-state index is -0.404. The van der Waals surface area contributed by atoms with Crippen molar-refractivity contribution in [1.29, 1.82) is 0 Å².